The van der Waals surface area contributed by atoms with Gasteiger partial charge in [0.05, 0.1) is 0 Å². The standard InChI is InChI=1S/C15H19BrN2S2/c1-18(9-15-6-11(16)10-19-15)8-14-5-4-13(20-14)7-17-12-2-3-12/h4-6,10,12,17H,2-3,7-9H2,1H3. The molecule has 2 heterocycles. The highest BCUT2D eigenvalue weighted by Crippen LogP contribution is 2.24. The van der Waals surface area contributed by atoms with Crippen molar-refractivity contribution in [2.45, 2.75) is 38.5 Å². The summed E-state index contributed by atoms with van der Waals surface area (Å²) in [4.78, 5) is 6.70. The van der Waals surface area contributed by atoms with Crippen LogP contribution in [-0.4, -0.2) is 18.0 Å². The fraction of sp³-hybridized carbons (Fsp3) is 0.467. The molecule has 3 rings (SSSR count). The van der Waals surface area contributed by atoms with Gasteiger partial charge in [-0.15, -0.1) is 22.7 Å². The molecule has 1 aliphatic rings. The highest BCUT2D eigenvalue weighted by molar-refractivity contribution is 9.10. The monoisotopic (exact) mass is 370 g/mol. The first-order chi connectivity index (χ1) is 9.69. The summed E-state index contributed by atoms with van der Waals surface area (Å²) < 4.78 is 1.19. The Bertz CT molecular complexity index is 560. The van der Waals surface area contributed by atoms with Crippen LogP contribution in [-0.2, 0) is 19.6 Å². The molecule has 0 bridgehead atoms. The minimum atomic E-state index is 0.792. The van der Waals surface area contributed by atoms with Gasteiger partial charge in [-0.3, -0.25) is 4.90 Å². The van der Waals surface area contributed by atoms with Gasteiger partial charge in [-0.2, -0.15) is 0 Å². The van der Waals surface area contributed by atoms with Gasteiger partial charge >= 0.3 is 0 Å². The Labute approximate surface area is 136 Å². The summed E-state index contributed by atoms with van der Waals surface area (Å²) in [6.07, 6.45) is 2.72. The summed E-state index contributed by atoms with van der Waals surface area (Å²) >= 11 is 7.27. The van der Waals surface area contributed by atoms with Crippen LogP contribution in [0, 0.1) is 0 Å². The van der Waals surface area contributed by atoms with Crippen LogP contribution in [0.2, 0.25) is 0 Å². The van der Waals surface area contributed by atoms with Crippen molar-refractivity contribution >= 4 is 38.6 Å². The van der Waals surface area contributed by atoms with E-state index in [4.69, 9.17) is 0 Å². The van der Waals surface area contributed by atoms with E-state index in [1.54, 1.807) is 0 Å². The minimum absolute atomic E-state index is 0.792. The lowest BCUT2D eigenvalue weighted by molar-refractivity contribution is 0.325. The number of halogens is 1. The Morgan fingerprint density at radius 3 is 2.70 bits per heavy atom. The van der Waals surface area contributed by atoms with E-state index in [-0.39, 0.29) is 0 Å². The Kier molecular flexibility index (Phi) is 4.94. The van der Waals surface area contributed by atoms with Crippen molar-refractivity contribution in [3.63, 3.8) is 0 Å². The molecule has 0 saturated heterocycles. The van der Waals surface area contributed by atoms with Gasteiger partial charge < -0.3 is 5.32 Å². The molecule has 1 N–H and O–H groups in total. The third kappa shape index (κ3) is 4.40. The molecule has 2 nitrogen and oxygen atoms in total. The summed E-state index contributed by atoms with van der Waals surface area (Å²) in [5, 5.41) is 5.72. The second-order valence-corrected chi connectivity index (χ2v) is 8.59. The van der Waals surface area contributed by atoms with Crippen LogP contribution in [0.15, 0.2) is 28.1 Å². The first-order valence-electron chi connectivity index (χ1n) is 6.91. The van der Waals surface area contributed by atoms with Crippen LogP contribution in [0.3, 0.4) is 0 Å². The second kappa shape index (κ2) is 6.71. The van der Waals surface area contributed by atoms with Crippen LogP contribution >= 0.6 is 38.6 Å². The molecule has 1 aliphatic carbocycles. The maximum absolute atomic E-state index is 3.58. The van der Waals surface area contributed by atoms with E-state index in [2.05, 4.69) is 56.8 Å². The smallest absolute Gasteiger partial charge is 0.0329 e. The van der Waals surface area contributed by atoms with Crippen LogP contribution < -0.4 is 5.32 Å². The second-order valence-electron chi connectivity index (χ2n) is 5.43. The molecule has 1 fully saturated rings. The molecule has 0 amide bonds. The van der Waals surface area contributed by atoms with Gasteiger partial charge in [0.15, 0.2) is 0 Å². The number of nitrogens with one attached hydrogen (secondary N) is 1. The Hall–Kier alpha value is -0.200. The van der Waals surface area contributed by atoms with E-state index < -0.39 is 0 Å². The molecule has 0 aliphatic heterocycles. The predicted octanol–water partition coefficient (Wildman–Crippen LogP) is 4.46. The van der Waals surface area contributed by atoms with Gasteiger partial charge in [0.2, 0.25) is 0 Å². The number of hydrogen-bond donors (Lipinski definition) is 1. The SMILES string of the molecule is CN(Cc1cc(Br)cs1)Cc1ccc(CNC2CC2)s1. The van der Waals surface area contributed by atoms with E-state index in [9.17, 15) is 0 Å². The number of hydrogen-bond acceptors (Lipinski definition) is 4. The van der Waals surface area contributed by atoms with Gasteiger partial charge in [-0.05, 0) is 54.0 Å². The van der Waals surface area contributed by atoms with Crippen molar-refractivity contribution in [1.29, 1.82) is 0 Å². The first-order valence-corrected chi connectivity index (χ1v) is 9.40. The van der Waals surface area contributed by atoms with Gasteiger partial charge in [-0.25, -0.2) is 0 Å². The Morgan fingerprint density at radius 1 is 1.25 bits per heavy atom. The van der Waals surface area contributed by atoms with Crippen LogP contribution in [0.1, 0.15) is 27.5 Å². The van der Waals surface area contributed by atoms with Crippen LogP contribution in [0.5, 0.6) is 0 Å². The molecule has 0 radical (unpaired) electrons. The molecule has 5 heteroatoms. The fourth-order valence-electron chi connectivity index (χ4n) is 2.16. The van der Waals surface area contributed by atoms with Crippen molar-refractivity contribution in [2.75, 3.05) is 7.05 Å². The summed E-state index contributed by atoms with van der Waals surface area (Å²) in [6, 6.07) is 7.54. The minimum Gasteiger partial charge on any atom is -0.309 e. The predicted molar refractivity (Wildman–Crippen MR) is 91.4 cm³/mol. The summed E-state index contributed by atoms with van der Waals surface area (Å²) in [7, 11) is 2.19. The molecule has 0 atom stereocenters. The normalized spacial score (nSPS) is 15.2. The van der Waals surface area contributed by atoms with Gasteiger partial charge in [0.25, 0.3) is 0 Å². The molecule has 2 aromatic rings. The maximum atomic E-state index is 3.58. The zero-order valence-corrected chi connectivity index (χ0v) is 14.8. The molecular weight excluding hydrogens is 352 g/mol. The van der Waals surface area contributed by atoms with Crippen molar-refractivity contribution in [2.24, 2.45) is 0 Å². The largest absolute Gasteiger partial charge is 0.309 e. The van der Waals surface area contributed by atoms with E-state index in [1.807, 2.05) is 22.7 Å². The quantitative estimate of drug-likeness (QED) is 0.773. The van der Waals surface area contributed by atoms with Crippen molar-refractivity contribution in [3.8, 4) is 0 Å². The zero-order valence-electron chi connectivity index (χ0n) is 11.6. The molecule has 0 unspecified atom stereocenters. The third-order valence-electron chi connectivity index (χ3n) is 3.33. The van der Waals surface area contributed by atoms with E-state index in [0.717, 1.165) is 25.7 Å². The lowest BCUT2D eigenvalue weighted by Crippen LogP contribution is -2.15. The highest BCUT2D eigenvalue weighted by atomic mass is 79.9. The molecule has 0 aromatic carbocycles. The number of rotatable bonds is 7. The maximum Gasteiger partial charge on any atom is 0.0329 e. The van der Waals surface area contributed by atoms with Crippen molar-refractivity contribution in [1.82, 2.24) is 10.2 Å². The highest BCUT2D eigenvalue weighted by Gasteiger charge is 2.20. The van der Waals surface area contributed by atoms with Crippen molar-refractivity contribution in [3.05, 3.63) is 42.7 Å². The average molecular weight is 371 g/mol. The van der Waals surface area contributed by atoms with E-state index in [1.165, 1.54) is 31.9 Å². The Balaban J connectivity index is 1.48. The molecule has 1 saturated carbocycles. The zero-order chi connectivity index (χ0) is 13.9. The topological polar surface area (TPSA) is 15.3 Å². The number of nitrogens with zero attached hydrogens (tertiary/aromatic N) is 1. The molecular formula is C15H19BrN2S2. The van der Waals surface area contributed by atoms with Gasteiger partial charge in [-0.1, -0.05) is 0 Å². The summed E-state index contributed by atoms with van der Waals surface area (Å²) in [6.45, 7) is 3.09. The van der Waals surface area contributed by atoms with Crippen LogP contribution in [0.4, 0.5) is 0 Å². The van der Waals surface area contributed by atoms with E-state index in [0.29, 0.717) is 0 Å². The molecule has 20 heavy (non-hydrogen) atoms. The molecule has 0 spiro atoms. The van der Waals surface area contributed by atoms with E-state index >= 15 is 0 Å². The Morgan fingerprint density at radius 2 is 2.00 bits per heavy atom. The molecule has 2 aromatic heterocycles. The lowest BCUT2D eigenvalue weighted by atomic mass is 10.3. The lowest BCUT2D eigenvalue weighted by Gasteiger charge is -2.14. The van der Waals surface area contributed by atoms with Crippen molar-refractivity contribution < 1.29 is 0 Å². The molecule has 108 valence electrons. The summed E-state index contributed by atoms with van der Waals surface area (Å²) in [5.41, 5.74) is 0. The van der Waals surface area contributed by atoms with Gasteiger partial charge in [0.1, 0.15) is 0 Å². The van der Waals surface area contributed by atoms with Crippen LogP contribution in [0.25, 0.3) is 0 Å². The number of thiophene rings is 2. The summed E-state index contributed by atoms with van der Waals surface area (Å²) in [5.74, 6) is 0. The van der Waals surface area contributed by atoms with Gasteiger partial charge in [0, 0.05) is 50.2 Å². The fourth-order valence-corrected chi connectivity index (χ4v) is 4.74. The third-order valence-corrected chi connectivity index (χ3v) is 6.09. The first kappa shape index (κ1) is 14.7. The average Bonchev–Trinajstić information content (AvgIpc) is 3.00.